The van der Waals surface area contributed by atoms with Crippen molar-refractivity contribution in [2.75, 3.05) is 16.8 Å². The van der Waals surface area contributed by atoms with E-state index in [0.29, 0.717) is 18.0 Å². The zero-order valence-electron chi connectivity index (χ0n) is 14.8. The molecular formula is C20H19ClN2O3. The third-order valence-electron chi connectivity index (χ3n) is 4.30. The van der Waals surface area contributed by atoms with E-state index >= 15 is 0 Å². The lowest BCUT2D eigenvalue weighted by molar-refractivity contribution is -0.120. The lowest BCUT2D eigenvalue weighted by Gasteiger charge is -2.19. The first-order valence-electron chi connectivity index (χ1n) is 8.29. The molecule has 0 radical (unpaired) electrons. The van der Waals surface area contributed by atoms with Gasteiger partial charge in [0.2, 0.25) is 0 Å². The molecule has 0 atom stereocenters. The second-order valence-electron chi connectivity index (χ2n) is 5.91. The minimum absolute atomic E-state index is 0.0664. The van der Waals surface area contributed by atoms with Crippen LogP contribution >= 0.6 is 11.6 Å². The van der Waals surface area contributed by atoms with Gasteiger partial charge in [-0.05, 0) is 50.1 Å². The van der Waals surface area contributed by atoms with Crippen LogP contribution in [0.3, 0.4) is 0 Å². The molecule has 2 aromatic carbocycles. The molecule has 1 N–H and O–H groups in total. The molecule has 0 aliphatic carbocycles. The maximum Gasteiger partial charge on any atom is 0.283 e. The number of benzene rings is 2. The SMILES string of the molecule is CCOc1ccccc1N1C(=O)C(Cl)=C(Nc2cccc(C)c2C)C1=O. The molecule has 0 saturated carbocycles. The van der Waals surface area contributed by atoms with Crippen molar-refractivity contribution in [2.24, 2.45) is 0 Å². The highest BCUT2D eigenvalue weighted by Crippen LogP contribution is 2.36. The quantitative estimate of drug-likeness (QED) is 0.804. The summed E-state index contributed by atoms with van der Waals surface area (Å²) in [5.41, 5.74) is 3.23. The monoisotopic (exact) mass is 370 g/mol. The average Bonchev–Trinajstić information content (AvgIpc) is 2.83. The van der Waals surface area contributed by atoms with Gasteiger partial charge in [-0.2, -0.15) is 0 Å². The largest absolute Gasteiger partial charge is 0.492 e. The van der Waals surface area contributed by atoms with Crippen LogP contribution in [-0.4, -0.2) is 18.4 Å². The number of carbonyl (C=O) groups excluding carboxylic acids is 2. The molecule has 3 rings (SSSR count). The third kappa shape index (κ3) is 3.06. The van der Waals surface area contributed by atoms with Crippen molar-refractivity contribution in [1.29, 1.82) is 0 Å². The van der Waals surface area contributed by atoms with Crippen molar-refractivity contribution >= 4 is 34.8 Å². The van der Waals surface area contributed by atoms with Crippen LogP contribution in [0.5, 0.6) is 5.75 Å². The first-order valence-corrected chi connectivity index (χ1v) is 8.67. The molecule has 0 spiro atoms. The molecule has 1 aliphatic rings. The fourth-order valence-electron chi connectivity index (χ4n) is 2.77. The van der Waals surface area contributed by atoms with Gasteiger partial charge < -0.3 is 10.1 Å². The summed E-state index contributed by atoms with van der Waals surface area (Å²) in [6, 6.07) is 12.6. The molecule has 5 nitrogen and oxygen atoms in total. The Bertz CT molecular complexity index is 921. The summed E-state index contributed by atoms with van der Waals surface area (Å²) in [5, 5.41) is 2.89. The number of carbonyl (C=O) groups is 2. The van der Waals surface area contributed by atoms with Crippen molar-refractivity contribution in [3.8, 4) is 5.75 Å². The van der Waals surface area contributed by atoms with E-state index in [1.807, 2.05) is 39.0 Å². The summed E-state index contributed by atoms with van der Waals surface area (Å²) in [7, 11) is 0. The Balaban J connectivity index is 1.97. The van der Waals surface area contributed by atoms with Gasteiger partial charge in [-0.1, -0.05) is 35.9 Å². The van der Waals surface area contributed by atoms with E-state index in [0.717, 1.165) is 21.7 Å². The van der Waals surface area contributed by atoms with Crippen LogP contribution in [0.25, 0.3) is 0 Å². The highest BCUT2D eigenvalue weighted by molar-refractivity contribution is 6.53. The van der Waals surface area contributed by atoms with Gasteiger partial charge in [0.25, 0.3) is 11.8 Å². The predicted molar refractivity (Wildman–Crippen MR) is 103 cm³/mol. The van der Waals surface area contributed by atoms with Gasteiger partial charge in [-0.15, -0.1) is 0 Å². The number of rotatable bonds is 5. The molecule has 1 heterocycles. The normalized spacial score (nSPS) is 14.2. The topological polar surface area (TPSA) is 58.6 Å². The molecule has 2 amide bonds. The number of aryl methyl sites for hydroxylation is 1. The van der Waals surface area contributed by atoms with Gasteiger partial charge in [-0.25, -0.2) is 4.90 Å². The zero-order chi connectivity index (χ0) is 18.8. The molecule has 134 valence electrons. The Morgan fingerprint density at radius 1 is 1.04 bits per heavy atom. The Kier molecular flexibility index (Phi) is 5.00. The number of imide groups is 1. The van der Waals surface area contributed by atoms with Crippen molar-refractivity contribution in [2.45, 2.75) is 20.8 Å². The number of halogens is 1. The fourth-order valence-corrected chi connectivity index (χ4v) is 2.98. The van der Waals surface area contributed by atoms with Gasteiger partial charge in [0.15, 0.2) is 0 Å². The van der Waals surface area contributed by atoms with Crippen molar-refractivity contribution < 1.29 is 14.3 Å². The molecule has 0 unspecified atom stereocenters. The number of amides is 2. The summed E-state index contributed by atoms with van der Waals surface area (Å²) in [6.07, 6.45) is 0. The van der Waals surface area contributed by atoms with Crippen LogP contribution in [0.2, 0.25) is 0 Å². The minimum atomic E-state index is -0.573. The average molecular weight is 371 g/mol. The van der Waals surface area contributed by atoms with Gasteiger partial charge in [0.05, 0.1) is 12.3 Å². The number of nitrogens with zero attached hydrogens (tertiary/aromatic N) is 1. The van der Waals surface area contributed by atoms with E-state index in [4.69, 9.17) is 16.3 Å². The minimum Gasteiger partial charge on any atom is -0.492 e. The molecule has 0 fully saturated rings. The second kappa shape index (κ2) is 7.22. The van der Waals surface area contributed by atoms with E-state index in [2.05, 4.69) is 5.32 Å². The zero-order valence-corrected chi connectivity index (χ0v) is 15.6. The predicted octanol–water partition coefficient (Wildman–Crippen LogP) is 4.14. The number of hydrogen-bond acceptors (Lipinski definition) is 4. The first-order chi connectivity index (χ1) is 12.5. The number of ether oxygens (including phenoxy) is 1. The van der Waals surface area contributed by atoms with E-state index in [9.17, 15) is 9.59 Å². The Morgan fingerprint density at radius 3 is 2.50 bits per heavy atom. The summed E-state index contributed by atoms with van der Waals surface area (Å²) in [4.78, 5) is 26.6. The molecule has 0 aromatic heterocycles. The van der Waals surface area contributed by atoms with E-state index < -0.39 is 11.8 Å². The standard InChI is InChI=1S/C20H19ClN2O3/c1-4-26-16-11-6-5-10-15(16)23-19(24)17(21)18(20(23)25)22-14-9-7-8-12(2)13(14)3/h5-11,22H,4H2,1-3H3. The number of nitrogens with one attached hydrogen (secondary N) is 1. The molecule has 1 aliphatic heterocycles. The van der Waals surface area contributed by atoms with Crippen LogP contribution in [0.1, 0.15) is 18.1 Å². The maximum atomic E-state index is 12.9. The lowest BCUT2D eigenvalue weighted by Crippen LogP contribution is -2.32. The molecule has 2 aromatic rings. The van der Waals surface area contributed by atoms with Crippen molar-refractivity contribution in [3.05, 3.63) is 64.3 Å². The fraction of sp³-hybridized carbons (Fsp3) is 0.200. The van der Waals surface area contributed by atoms with Crippen molar-refractivity contribution in [3.63, 3.8) is 0 Å². The summed E-state index contributed by atoms with van der Waals surface area (Å²) in [6.45, 7) is 6.17. The highest BCUT2D eigenvalue weighted by Gasteiger charge is 2.40. The molecule has 6 heteroatoms. The van der Waals surface area contributed by atoms with Crippen LogP contribution in [0.15, 0.2) is 53.2 Å². The third-order valence-corrected chi connectivity index (χ3v) is 4.65. The van der Waals surface area contributed by atoms with Gasteiger partial charge in [0, 0.05) is 5.69 Å². The van der Waals surface area contributed by atoms with Crippen LogP contribution in [0.4, 0.5) is 11.4 Å². The van der Waals surface area contributed by atoms with Gasteiger partial charge in [0.1, 0.15) is 16.5 Å². The number of anilines is 2. The van der Waals surface area contributed by atoms with Gasteiger partial charge >= 0.3 is 0 Å². The van der Waals surface area contributed by atoms with Crippen LogP contribution < -0.4 is 15.0 Å². The molecular weight excluding hydrogens is 352 g/mol. The van der Waals surface area contributed by atoms with E-state index in [1.165, 1.54) is 0 Å². The Morgan fingerprint density at radius 2 is 1.77 bits per heavy atom. The van der Waals surface area contributed by atoms with Crippen molar-refractivity contribution in [1.82, 2.24) is 0 Å². The summed E-state index contributed by atoms with van der Waals surface area (Å²) >= 11 is 6.20. The molecule has 0 bridgehead atoms. The molecule has 0 saturated heterocycles. The highest BCUT2D eigenvalue weighted by atomic mass is 35.5. The Hall–Kier alpha value is -2.79. The second-order valence-corrected chi connectivity index (χ2v) is 6.29. The maximum absolute atomic E-state index is 12.9. The first kappa shape index (κ1) is 18.0. The smallest absolute Gasteiger partial charge is 0.283 e. The number of hydrogen-bond donors (Lipinski definition) is 1. The number of para-hydroxylation sites is 2. The van der Waals surface area contributed by atoms with Gasteiger partial charge in [-0.3, -0.25) is 9.59 Å². The molecule has 26 heavy (non-hydrogen) atoms. The van der Waals surface area contributed by atoms with Crippen LogP contribution in [-0.2, 0) is 9.59 Å². The Labute approximate surface area is 157 Å². The summed E-state index contributed by atoms with van der Waals surface area (Å²) < 4.78 is 5.54. The van der Waals surface area contributed by atoms with Crippen LogP contribution in [0, 0.1) is 13.8 Å². The lowest BCUT2D eigenvalue weighted by atomic mass is 10.1. The van der Waals surface area contributed by atoms with E-state index in [1.54, 1.807) is 24.3 Å². The summed E-state index contributed by atoms with van der Waals surface area (Å²) in [5.74, 6) is -0.626. The van der Waals surface area contributed by atoms with E-state index in [-0.39, 0.29) is 10.7 Å².